The minimum atomic E-state index is -0.960. The molecule has 0 aromatic heterocycles. The smallest absolute Gasteiger partial charge is 0.258 e. The van der Waals surface area contributed by atoms with Crippen LogP contribution in [0.4, 0.5) is 17.1 Å². The summed E-state index contributed by atoms with van der Waals surface area (Å²) in [6.07, 6.45) is 0. The van der Waals surface area contributed by atoms with Crippen molar-refractivity contribution in [1.29, 1.82) is 5.26 Å². The van der Waals surface area contributed by atoms with E-state index < -0.39 is 26.9 Å². The van der Waals surface area contributed by atoms with Crippen LogP contribution < -0.4 is 0 Å². The van der Waals surface area contributed by atoms with Gasteiger partial charge in [0.2, 0.25) is 0 Å². The molecule has 1 rings (SSSR count). The number of hydrogen-bond acceptors (Lipinski definition) is 6. The van der Waals surface area contributed by atoms with Crippen molar-refractivity contribution in [3.8, 4) is 6.07 Å². The molecule has 1 aromatic carbocycles. The van der Waals surface area contributed by atoms with Crippen LogP contribution >= 0.6 is 0 Å². The summed E-state index contributed by atoms with van der Waals surface area (Å²) < 4.78 is 0. The molecule has 0 N–H and O–H groups in total. The SMILES string of the molecule is N#Cc1cc([N+](=O)[O-])c(N=[N+]=[N-])c([N+](=O)[O-])c1. The van der Waals surface area contributed by atoms with Crippen molar-refractivity contribution in [3.05, 3.63) is 48.4 Å². The van der Waals surface area contributed by atoms with Gasteiger partial charge in [-0.25, -0.2) is 0 Å². The molecule has 0 fully saturated rings. The Morgan fingerprint density at radius 3 is 2.06 bits per heavy atom. The molecular formula is C7H2N6O4. The lowest BCUT2D eigenvalue weighted by Crippen LogP contribution is -1.95. The Morgan fingerprint density at radius 1 is 1.29 bits per heavy atom. The Kier molecular flexibility index (Phi) is 3.19. The molecule has 0 saturated heterocycles. The Hall–Kier alpha value is -3.18. The van der Waals surface area contributed by atoms with E-state index in [1.165, 1.54) is 0 Å². The molecule has 0 bridgehead atoms. The first-order valence-corrected chi connectivity index (χ1v) is 3.93. The minimum absolute atomic E-state index is 0.264. The van der Waals surface area contributed by atoms with E-state index in [1.807, 2.05) is 0 Å². The number of nitrogens with zero attached hydrogens (tertiary/aromatic N) is 6. The van der Waals surface area contributed by atoms with E-state index in [4.69, 9.17) is 10.8 Å². The number of rotatable bonds is 3. The maximum Gasteiger partial charge on any atom is 0.287 e. The van der Waals surface area contributed by atoms with Crippen LogP contribution in [0, 0.1) is 31.6 Å². The van der Waals surface area contributed by atoms with Crippen molar-refractivity contribution in [1.82, 2.24) is 0 Å². The summed E-state index contributed by atoms with van der Waals surface area (Å²) in [7, 11) is 0. The van der Waals surface area contributed by atoms with Crippen LogP contribution in [0.3, 0.4) is 0 Å². The molecule has 84 valence electrons. The largest absolute Gasteiger partial charge is 0.287 e. The summed E-state index contributed by atoms with van der Waals surface area (Å²) in [4.78, 5) is 21.6. The average molecular weight is 234 g/mol. The molecule has 0 aliphatic carbocycles. The predicted molar refractivity (Wildman–Crippen MR) is 53.3 cm³/mol. The van der Waals surface area contributed by atoms with Crippen LogP contribution in [-0.4, -0.2) is 9.85 Å². The summed E-state index contributed by atoms with van der Waals surface area (Å²) >= 11 is 0. The van der Waals surface area contributed by atoms with Gasteiger partial charge in [-0.1, -0.05) is 0 Å². The zero-order valence-corrected chi connectivity index (χ0v) is 7.97. The fraction of sp³-hybridized carbons (Fsp3) is 0. The number of nitro benzene ring substituents is 2. The van der Waals surface area contributed by atoms with E-state index in [2.05, 4.69) is 10.0 Å². The lowest BCUT2D eigenvalue weighted by atomic mass is 10.1. The van der Waals surface area contributed by atoms with Gasteiger partial charge in [-0.05, 0) is 10.6 Å². The van der Waals surface area contributed by atoms with Crippen LogP contribution in [0.15, 0.2) is 17.2 Å². The summed E-state index contributed by atoms with van der Waals surface area (Å²) in [5.41, 5.74) is 5.65. The zero-order chi connectivity index (χ0) is 13.0. The Morgan fingerprint density at radius 2 is 1.76 bits per heavy atom. The van der Waals surface area contributed by atoms with Gasteiger partial charge in [0.05, 0.1) is 21.5 Å². The van der Waals surface area contributed by atoms with Gasteiger partial charge in [0.25, 0.3) is 11.4 Å². The fourth-order valence-corrected chi connectivity index (χ4v) is 1.09. The third-order valence-electron chi connectivity index (χ3n) is 1.74. The third-order valence-corrected chi connectivity index (χ3v) is 1.74. The molecule has 17 heavy (non-hydrogen) atoms. The first-order valence-electron chi connectivity index (χ1n) is 3.93. The fourth-order valence-electron chi connectivity index (χ4n) is 1.09. The van der Waals surface area contributed by atoms with E-state index in [-0.39, 0.29) is 5.56 Å². The number of hydrogen-bond donors (Lipinski definition) is 0. The van der Waals surface area contributed by atoms with Crippen molar-refractivity contribution < 1.29 is 9.85 Å². The van der Waals surface area contributed by atoms with Crippen molar-refractivity contribution in [2.45, 2.75) is 0 Å². The maximum absolute atomic E-state index is 10.6. The molecule has 0 radical (unpaired) electrons. The molecule has 0 aliphatic heterocycles. The lowest BCUT2D eigenvalue weighted by Gasteiger charge is -1.99. The highest BCUT2D eigenvalue weighted by atomic mass is 16.6. The normalized spacial score (nSPS) is 8.88. The first-order chi connectivity index (χ1) is 8.01. The van der Waals surface area contributed by atoms with E-state index in [9.17, 15) is 20.2 Å². The molecule has 1 aromatic rings. The molecule has 10 heteroatoms. The van der Waals surface area contributed by atoms with Gasteiger partial charge in [-0.3, -0.25) is 20.2 Å². The highest BCUT2D eigenvalue weighted by molar-refractivity contribution is 5.72. The molecule has 0 spiro atoms. The van der Waals surface area contributed by atoms with Crippen molar-refractivity contribution in [2.24, 2.45) is 5.11 Å². The van der Waals surface area contributed by atoms with Crippen molar-refractivity contribution in [3.63, 3.8) is 0 Å². The van der Waals surface area contributed by atoms with Crippen LogP contribution in [0.25, 0.3) is 10.4 Å². The zero-order valence-electron chi connectivity index (χ0n) is 7.97. The Bertz CT molecular complexity index is 562. The second-order valence-corrected chi connectivity index (χ2v) is 2.68. The maximum atomic E-state index is 10.6. The predicted octanol–water partition coefficient (Wildman–Crippen LogP) is 2.32. The summed E-state index contributed by atoms with van der Waals surface area (Å²) in [5, 5.41) is 32.7. The third kappa shape index (κ3) is 2.25. The van der Waals surface area contributed by atoms with E-state index in [0.717, 1.165) is 12.1 Å². The highest BCUT2D eigenvalue weighted by Gasteiger charge is 2.25. The monoisotopic (exact) mass is 234 g/mol. The molecule has 0 amide bonds. The number of benzene rings is 1. The quantitative estimate of drug-likeness (QED) is 0.257. The highest BCUT2D eigenvalue weighted by Crippen LogP contribution is 2.38. The topological polar surface area (TPSA) is 159 Å². The molecule has 10 nitrogen and oxygen atoms in total. The van der Waals surface area contributed by atoms with Gasteiger partial charge in [0, 0.05) is 17.0 Å². The van der Waals surface area contributed by atoms with Gasteiger partial charge in [-0.15, -0.1) is 0 Å². The number of nitro groups is 2. The molecule has 0 aliphatic rings. The number of nitriles is 1. The Labute approximate surface area is 92.6 Å². The van der Waals surface area contributed by atoms with Gasteiger partial charge in [0.15, 0.2) is 5.69 Å². The van der Waals surface area contributed by atoms with E-state index in [0.29, 0.717) is 0 Å². The minimum Gasteiger partial charge on any atom is -0.258 e. The summed E-state index contributed by atoms with van der Waals surface area (Å²) in [6, 6.07) is 3.15. The average Bonchev–Trinajstić information content (AvgIpc) is 2.28. The van der Waals surface area contributed by atoms with Gasteiger partial charge >= 0.3 is 0 Å². The van der Waals surface area contributed by atoms with Crippen LogP contribution in [0.5, 0.6) is 0 Å². The van der Waals surface area contributed by atoms with Gasteiger partial charge in [0.1, 0.15) is 0 Å². The van der Waals surface area contributed by atoms with E-state index in [1.54, 1.807) is 6.07 Å². The Balaban J connectivity index is 3.74. The van der Waals surface area contributed by atoms with Crippen LogP contribution in [-0.2, 0) is 0 Å². The lowest BCUT2D eigenvalue weighted by molar-refractivity contribution is -0.392. The van der Waals surface area contributed by atoms with Crippen molar-refractivity contribution >= 4 is 17.1 Å². The molecule has 0 atom stereocenters. The number of azide groups is 1. The second kappa shape index (κ2) is 4.56. The molecule has 0 saturated carbocycles. The standard InChI is InChI=1S/C7H2N6O4/c8-3-4-1-5(12(14)15)7(10-11-9)6(2-4)13(16)17/h1-2H. The summed E-state index contributed by atoms with van der Waals surface area (Å²) in [5.74, 6) is 0. The molecule has 0 unspecified atom stereocenters. The van der Waals surface area contributed by atoms with Crippen LogP contribution in [0.2, 0.25) is 0 Å². The van der Waals surface area contributed by atoms with Crippen molar-refractivity contribution in [2.75, 3.05) is 0 Å². The first kappa shape index (κ1) is 11.9. The van der Waals surface area contributed by atoms with E-state index >= 15 is 0 Å². The van der Waals surface area contributed by atoms with Gasteiger partial charge < -0.3 is 0 Å². The van der Waals surface area contributed by atoms with Gasteiger partial charge in [-0.2, -0.15) is 5.26 Å². The summed E-state index contributed by atoms with van der Waals surface area (Å²) in [6.45, 7) is 0. The van der Waals surface area contributed by atoms with Crippen LogP contribution in [0.1, 0.15) is 5.56 Å². The second-order valence-electron chi connectivity index (χ2n) is 2.68. The molecule has 0 heterocycles. The molecular weight excluding hydrogens is 232 g/mol.